The zero-order chi connectivity index (χ0) is 17.0. The minimum absolute atomic E-state index is 0.878. The molecule has 0 atom stereocenters. The van der Waals surface area contributed by atoms with Gasteiger partial charge in [0.25, 0.3) is 0 Å². The van der Waals surface area contributed by atoms with E-state index in [-0.39, 0.29) is 0 Å². The molecule has 0 N–H and O–H groups in total. The van der Waals surface area contributed by atoms with E-state index in [1.165, 1.54) is 89.9 Å². The third kappa shape index (κ3) is 7.58. The number of rotatable bonds is 9. The monoisotopic (exact) mass is 330 g/mol. The van der Waals surface area contributed by atoms with Crippen LogP contribution in [-0.2, 0) is 0 Å². The maximum atomic E-state index is 2.53. The molecule has 0 heterocycles. The lowest BCUT2D eigenvalue weighted by Crippen LogP contribution is -2.14. The maximum absolute atomic E-state index is 2.53. The molecule has 0 aromatic heterocycles. The molecule has 0 aromatic rings. The zero-order valence-electron chi connectivity index (χ0n) is 16.5. The summed E-state index contributed by atoms with van der Waals surface area (Å²) in [6.07, 6.45) is 30.0. The fourth-order valence-corrected chi connectivity index (χ4v) is 4.90. The highest BCUT2D eigenvalue weighted by atomic mass is 14.3. The van der Waals surface area contributed by atoms with Crippen LogP contribution >= 0.6 is 0 Å². The van der Waals surface area contributed by atoms with Crippen molar-refractivity contribution in [1.82, 2.24) is 0 Å². The van der Waals surface area contributed by atoms with E-state index in [0.29, 0.717) is 0 Å². The number of unbranched alkanes of at least 4 members (excludes halogenated alkanes) is 2. The molecule has 0 spiro atoms. The fraction of sp³-hybridized carbons (Fsp3) is 0.833. The Morgan fingerprint density at radius 3 is 1.79 bits per heavy atom. The summed E-state index contributed by atoms with van der Waals surface area (Å²) in [4.78, 5) is 0. The molecule has 0 amide bonds. The van der Waals surface area contributed by atoms with E-state index in [2.05, 4.69) is 38.2 Å². The van der Waals surface area contributed by atoms with Crippen LogP contribution in [0.5, 0.6) is 0 Å². The van der Waals surface area contributed by atoms with Gasteiger partial charge in [-0.05, 0) is 82.0 Å². The Morgan fingerprint density at radius 1 is 0.708 bits per heavy atom. The minimum Gasteiger partial charge on any atom is -0.0914 e. The van der Waals surface area contributed by atoms with Crippen LogP contribution in [0, 0.1) is 23.7 Å². The maximum Gasteiger partial charge on any atom is -0.0233 e. The molecule has 0 saturated heterocycles. The number of hydrogen-bond acceptors (Lipinski definition) is 0. The molecule has 2 aliphatic rings. The first-order valence-corrected chi connectivity index (χ1v) is 11.1. The Bertz CT molecular complexity index is 348. The van der Waals surface area contributed by atoms with Crippen molar-refractivity contribution in [2.75, 3.05) is 0 Å². The summed E-state index contributed by atoms with van der Waals surface area (Å²) in [7, 11) is 0. The molecule has 0 radical (unpaired) electrons. The molecule has 0 unspecified atom stereocenters. The lowest BCUT2D eigenvalue weighted by Gasteiger charge is -2.28. The van der Waals surface area contributed by atoms with Gasteiger partial charge in [-0.2, -0.15) is 0 Å². The Kier molecular flexibility index (Phi) is 9.85. The molecule has 2 saturated carbocycles. The Morgan fingerprint density at radius 2 is 1.25 bits per heavy atom. The van der Waals surface area contributed by atoms with Gasteiger partial charge in [-0.25, -0.2) is 0 Å². The summed E-state index contributed by atoms with van der Waals surface area (Å²) in [5.41, 5.74) is 0. The van der Waals surface area contributed by atoms with Crippen LogP contribution in [0.25, 0.3) is 0 Å². The van der Waals surface area contributed by atoms with Gasteiger partial charge in [0.1, 0.15) is 0 Å². The van der Waals surface area contributed by atoms with Gasteiger partial charge in [0.05, 0.1) is 0 Å². The van der Waals surface area contributed by atoms with E-state index in [1.807, 2.05) is 0 Å². The molecule has 0 aromatic carbocycles. The average molecular weight is 331 g/mol. The van der Waals surface area contributed by atoms with Crippen LogP contribution < -0.4 is 0 Å². The van der Waals surface area contributed by atoms with Gasteiger partial charge in [0.2, 0.25) is 0 Å². The van der Waals surface area contributed by atoms with Gasteiger partial charge in [0.15, 0.2) is 0 Å². The van der Waals surface area contributed by atoms with E-state index in [1.54, 1.807) is 0 Å². The van der Waals surface area contributed by atoms with Crippen molar-refractivity contribution in [2.24, 2.45) is 23.7 Å². The highest BCUT2D eigenvalue weighted by Gasteiger charge is 2.20. The molecule has 0 bridgehead atoms. The van der Waals surface area contributed by atoms with Crippen LogP contribution in [0.4, 0.5) is 0 Å². The lowest BCUT2D eigenvalue weighted by atomic mass is 9.78. The standard InChI is InChI=1S/C24H42/c1-3-5-6-10-22-17-19-24(20-18-22)12-8-7-11-23-15-13-21(9-4-2)14-16-23/h4,7-9,21-24H,3,5-6,10-20H2,1-2H3/b8-7-,9-4?. The summed E-state index contributed by atoms with van der Waals surface area (Å²) in [5.74, 6) is 3.90. The van der Waals surface area contributed by atoms with E-state index >= 15 is 0 Å². The molecule has 0 nitrogen and oxygen atoms in total. The molecule has 138 valence electrons. The van der Waals surface area contributed by atoms with Crippen LogP contribution in [0.2, 0.25) is 0 Å². The van der Waals surface area contributed by atoms with Crippen molar-refractivity contribution >= 4 is 0 Å². The summed E-state index contributed by atoms with van der Waals surface area (Å²) in [5, 5.41) is 0. The van der Waals surface area contributed by atoms with Crippen LogP contribution in [0.15, 0.2) is 24.3 Å². The SMILES string of the molecule is CC=CC1CCC(C/C=C\CC2CCC(CCCCC)CC2)CC1. The Balaban J connectivity index is 1.52. The van der Waals surface area contributed by atoms with Gasteiger partial charge in [-0.1, -0.05) is 69.8 Å². The average Bonchev–Trinajstić information content (AvgIpc) is 2.62. The topological polar surface area (TPSA) is 0 Å². The molecule has 24 heavy (non-hydrogen) atoms. The highest BCUT2D eigenvalue weighted by molar-refractivity contribution is 4.92. The summed E-state index contributed by atoms with van der Waals surface area (Å²) < 4.78 is 0. The minimum atomic E-state index is 0.878. The molecule has 2 rings (SSSR count). The summed E-state index contributed by atoms with van der Waals surface area (Å²) in [6, 6.07) is 0. The number of hydrogen-bond donors (Lipinski definition) is 0. The zero-order valence-corrected chi connectivity index (χ0v) is 16.5. The predicted octanol–water partition coefficient (Wildman–Crippen LogP) is 8.09. The van der Waals surface area contributed by atoms with Gasteiger partial charge in [0, 0.05) is 0 Å². The number of allylic oxidation sites excluding steroid dienone is 4. The molecule has 2 aliphatic carbocycles. The van der Waals surface area contributed by atoms with Gasteiger partial charge in [-0.15, -0.1) is 0 Å². The molecule has 0 heteroatoms. The first kappa shape index (κ1) is 19.8. The van der Waals surface area contributed by atoms with Crippen molar-refractivity contribution in [3.8, 4) is 0 Å². The van der Waals surface area contributed by atoms with Crippen LogP contribution in [0.1, 0.15) is 104 Å². The third-order valence-corrected chi connectivity index (χ3v) is 6.64. The van der Waals surface area contributed by atoms with Crippen molar-refractivity contribution in [1.29, 1.82) is 0 Å². The second-order valence-corrected chi connectivity index (χ2v) is 8.63. The fourth-order valence-electron chi connectivity index (χ4n) is 4.90. The highest BCUT2D eigenvalue weighted by Crippen LogP contribution is 2.34. The van der Waals surface area contributed by atoms with E-state index in [0.717, 1.165) is 23.7 Å². The molecular formula is C24H42. The van der Waals surface area contributed by atoms with Crippen molar-refractivity contribution < 1.29 is 0 Å². The van der Waals surface area contributed by atoms with Gasteiger partial charge >= 0.3 is 0 Å². The second kappa shape index (κ2) is 11.9. The van der Waals surface area contributed by atoms with E-state index in [9.17, 15) is 0 Å². The largest absolute Gasteiger partial charge is 0.0914 e. The second-order valence-electron chi connectivity index (χ2n) is 8.63. The van der Waals surface area contributed by atoms with Gasteiger partial charge in [-0.3, -0.25) is 0 Å². The molecule has 0 aliphatic heterocycles. The smallest absolute Gasteiger partial charge is 0.0233 e. The van der Waals surface area contributed by atoms with Crippen molar-refractivity contribution in [3.63, 3.8) is 0 Å². The normalized spacial score (nSPS) is 31.9. The Hall–Kier alpha value is -0.520. The Labute approximate surface area is 152 Å². The molecular weight excluding hydrogens is 288 g/mol. The summed E-state index contributed by atoms with van der Waals surface area (Å²) in [6.45, 7) is 4.48. The van der Waals surface area contributed by atoms with E-state index in [4.69, 9.17) is 0 Å². The first-order chi connectivity index (χ1) is 11.8. The lowest BCUT2D eigenvalue weighted by molar-refractivity contribution is 0.259. The summed E-state index contributed by atoms with van der Waals surface area (Å²) >= 11 is 0. The first-order valence-electron chi connectivity index (χ1n) is 11.1. The van der Waals surface area contributed by atoms with E-state index < -0.39 is 0 Å². The molecule has 2 fully saturated rings. The quantitative estimate of drug-likeness (QED) is 0.296. The van der Waals surface area contributed by atoms with Crippen molar-refractivity contribution in [2.45, 2.75) is 104 Å². The van der Waals surface area contributed by atoms with Crippen LogP contribution in [-0.4, -0.2) is 0 Å². The third-order valence-electron chi connectivity index (χ3n) is 6.64. The predicted molar refractivity (Wildman–Crippen MR) is 108 cm³/mol. The van der Waals surface area contributed by atoms with Crippen molar-refractivity contribution in [3.05, 3.63) is 24.3 Å². The van der Waals surface area contributed by atoms with Gasteiger partial charge < -0.3 is 0 Å². The van der Waals surface area contributed by atoms with Crippen LogP contribution in [0.3, 0.4) is 0 Å².